The molecule has 76 valence electrons. The maximum atomic E-state index is 9.74. The zero-order valence-corrected chi connectivity index (χ0v) is 8.36. The van der Waals surface area contributed by atoms with Gasteiger partial charge in [0.1, 0.15) is 0 Å². The summed E-state index contributed by atoms with van der Waals surface area (Å²) in [4.78, 5) is 0. The van der Waals surface area contributed by atoms with Crippen LogP contribution in [0.4, 0.5) is 0 Å². The van der Waals surface area contributed by atoms with Gasteiger partial charge in [0, 0.05) is 6.04 Å². The summed E-state index contributed by atoms with van der Waals surface area (Å²) in [5, 5.41) is 13.0. The predicted molar refractivity (Wildman–Crippen MR) is 50.5 cm³/mol. The minimum Gasteiger partial charge on any atom is -0.393 e. The Kier molecular flexibility index (Phi) is 2.58. The van der Waals surface area contributed by atoms with Gasteiger partial charge in [0.25, 0.3) is 0 Å². The second-order valence-electron chi connectivity index (χ2n) is 4.25. The summed E-state index contributed by atoms with van der Waals surface area (Å²) >= 11 is 0. The molecule has 1 aliphatic heterocycles. The summed E-state index contributed by atoms with van der Waals surface area (Å²) in [5.74, 6) is 0.568. The van der Waals surface area contributed by atoms with Crippen LogP contribution in [0.3, 0.4) is 0 Å². The monoisotopic (exact) mass is 185 g/mol. The van der Waals surface area contributed by atoms with E-state index in [0.29, 0.717) is 24.2 Å². The van der Waals surface area contributed by atoms with Gasteiger partial charge >= 0.3 is 0 Å². The molecule has 0 aromatic heterocycles. The SMILES string of the molecule is CC[C@H]1C[C@H](O)C[C@@H](NC)[C@H]2O[C@@H]12. The van der Waals surface area contributed by atoms with Gasteiger partial charge in [-0.1, -0.05) is 13.3 Å². The van der Waals surface area contributed by atoms with Gasteiger partial charge in [-0.05, 0) is 25.8 Å². The topological polar surface area (TPSA) is 44.8 Å². The van der Waals surface area contributed by atoms with Crippen LogP contribution >= 0.6 is 0 Å². The van der Waals surface area contributed by atoms with Gasteiger partial charge in [-0.2, -0.15) is 0 Å². The van der Waals surface area contributed by atoms with Gasteiger partial charge in [-0.15, -0.1) is 0 Å². The Balaban J connectivity index is 2.01. The lowest BCUT2D eigenvalue weighted by molar-refractivity contribution is 0.106. The van der Waals surface area contributed by atoms with E-state index in [0.717, 1.165) is 19.3 Å². The van der Waals surface area contributed by atoms with Crippen molar-refractivity contribution in [2.45, 2.75) is 50.5 Å². The molecule has 2 aliphatic rings. The van der Waals surface area contributed by atoms with Gasteiger partial charge in [0.05, 0.1) is 18.3 Å². The molecule has 1 aliphatic carbocycles. The maximum absolute atomic E-state index is 9.74. The molecule has 0 spiro atoms. The van der Waals surface area contributed by atoms with Crippen molar-refractivity contribution in [1.82, 2.24) is 5.32 Å². The Hall–Kier alpha value is -0.120. The third-order valence-corrected chi connectivity index (χ3v) is 3.42. The molecule has 13 heavy (non-hydrogen) atoms. The molecule has 5 atom stereocenters. The number of aliphatic hydroxyl groups excluding tert-OH is 1. The van der Waals surface area contributed by atoms with E-state index in [1.807, 2.05) is 7.05 Å². The van der Waals surface area contributed by atoms with Crippen molar-refractivity contribution in [1.29, 1.82) is 0 Å². The molecular weight excluding hydrogens is 166 g/mol. The zero-order chi connectivity index (χ0) is 9.42. The molecule has 1 saturated carbocycles. The van der Waals surface area contributed by atoms with Crippen LogP contribution in [0.25, 0.3) is 0 Å². The second kappa shape index (κ2) is 3.56. The van der Waals surface area contributed by atoms with E-state index >= 15 is 0 Å². The zero-order valence-electron chi connectivity index (χ0n) is 8.36. The Morgan fingerprint density at radius 2 is 2.15 bits per heavy atom. The van der Waals surface area contributed by atoms with Crippen LogP contribution in [-0.4, -0.2) is 36.5 Å². The van der Waals surface area contributed by atoms with Gasteiger partial charge in [-0.25, -0.2) is 0 Å². The van der Waals surface area contributed by atoms with Crippen molar-refractivity contribution in [2.24, 2.45) is 5.92 Å². The first-order chi connectivity index (χ1) is 6.26. The van der Waals surface area contributed by atoms with E-state index < -0.39 is 0 Å². The molecule has 0 amide bonds. The Morgan fingerprint density at radius 1 is 1.38 bits per heavy atom. The number of ether oxygens (including phenoxy) is 1. The lowest BCUT2D eigenvalue weighted by Crippen LogP contribution is -2.33. The first kappa shape index (κ1) is 9.44. The van der Waals surface area contributed by atoms with Crippen molar-refractivity contribution >= 4 is 0 Å². The fourth-order valence-electron chi connectivity index (χ4n) is 2.53. The van der Waals surface area contributed by atoms with E-state index in [1.165, 1.54) is 0 Å². The van der Waals surface area contributed by atoms with E-state index in [9.17, 15) is 5.11 Å². The van der Waals surface area contributed by atoms with Crippen molar-refractivity contribution in [2.75, 3.05) is 7.05 Å². The molecule has 0 unspecified atom stereocenters. The van der Waals surface area contributed by atoms with Crippen LogP contribution in [-0.2, 0) is 4.74 Å². The number of rotatable bonds is 2. The summed E-state index contributed by atoms with van der Waals surface area (Å²) in [6, 6.07) is 0.358. The first-order valence-electron chi connectivity index (χ1n) is 5.27. The molecule has 2 fully saturated rings. The molecule has 1 saturated heterocycles. The van der Waals surface area contributed by atoms with Crippen molar-refractivity contribution in [3.05, 3.63) is 0 Å². The number of hydrogen-bond acceptors (Lipinski definition) is 3. The summed E-state index contributed by atoms with van der Waals surface area (Å²) in [5.41, 5.74) is 0. The van der Waals surface area contributed by atoms with Crippen molar-refractivity contribution in [3.8, 4) is 0 Å². The number of fused-ring (bicyclic) bond motifs is 1. The fraction of sp³-hybridized carbons (Fsp3) is 1.00. The minimum absolute atomic E-state index is 0.140. The third-order valence-electron chi connectivity index (χ3n) is 3.42. The molecule has 0 bridgehead atoms. The molecule has 2 rings (SSSR count). The molecular formula is C10H19NO2. The Bertz CT molecular complexity index is 168. The Morgan fingerprint density at radius 3 is 2.77 bits per heavy atom. The highest BCUT2D eigenvalue weighted by molar-refractivity contribution is 5.01. The highest BCUT2D eigenvalue weighted by atomic mass is 16.6. The highest BCUT2D eigenvalue weighted by Gasteiger charge is 2.51. The highest BCUT2D eigenvalue weighted by Crippen LogP contribution is 2.40. The van der Waals surface area contributed by atoms with Gasteiger partial charge in [0.2, 0.25) is 0 Å². The first-order valence-corrected chi connectivity index (χ1v) is 5.27. The normalized spacial score (nSPS) is 49.6. The van der Waals surface area contributed by atoms with Gasteiger partial charge < -0.3 is 15.2 Å². The average Bonchev–Trinajstić information content (AvgIpc) is 2.88. The summed E-state index contributed by atoms with van der Waals surface area (Å²) < 4.78 is 5.64. The Labute approximate surface area is 79.5 Å². The smallest absolute Gasteiger partial charge is 0.0998 e. The van der Waals surface area contributed by atoms with Crippen LogP contribution in [0.2, 0.25) is 0 Å². The van der Waals surface area contributed by atoms with Crippen LogP contribution in [0.15, 0.2) is 0 Å². The summed E-state index contributed by atoms with van der Waals surface area (Å²) in [6.07, 6.45) is 3.52. The largest absolute Gasteiger partial charge is 0.393 e. The maximum Gasteiger partial charge on any atom is 0.0998 e. The third kappa shape index (κ3) is 1.73. The molecule has 1 heterocycles. The van der Waals surface area contributed by atoms with E-state index in [-0.39, 0.29) is 6.10 Å². The van der Waals surface area contributed by atoms with E-state index in [2.05, 4.69) is 12.2 Å². The van der Waals surface area contributed by atoms with E-state index in [1.54, 1.807) is 0 Å². The van der Waals surface area contributed by atoms with Crippen LogP contribution in [0.5, 0.6) is 0 Å². The summed E-state index contributed by atoms with van der Waals surface area (Å²) in [7, 11) is 1.95. The van der Waals surface area contributed by atoms with Gasteiger partial charge in [0.15, 0.2) is 0 Å². The molecule has 0 aromatic rings. The number of nitrogens with one attached hydrogen (secondary N) is 1. The van der Waals surface area contributed by atoms with Crippen molar-refractivity contribution < 1.29 is 9.84 Å². The number of epoxide rings is 1. The molecule has 0 aromatic carbocycles. The molecule has 3 heteroatoms. The van der Waals surface area contributed by atoms with Crippen LogP contribution in [0.1, 0.15) is 26.2 Å². The number of likely N-dealkylation sites (N-methyl/N-ethyl adjacent to an activating group) is 1. The lowest BCUT2D eigenvalue weighted by Gasteiger charge is -2.17. The number of hydrogen-bond donors (Lipinski definition) is 2. The summed E-state index contributed by atoms with van der Waals surface area (Å²) in [6.45, 7) is 2.18. The number of aliphatic hydroxyl groups is 1. The minimum atomic E-state index is -0.140. The lowest BCUT2D eigenvalue weighted by atomic mass is 9.96. The average molecular weight is 185 g/mol. The van der Waals surface area contributed by atoms with Crippen LogP contribution in [0, 0.1) is 5.92 Å². The van der Waals surface area contributed by atoms with Gasteiger partial charge in [-0.3, -0.25) is 0 Å². The molecule has 2 N–H and O–H groups in total. The standard InChI is InChI=1S/C10H19NO2/c1-3-6-4-7(12)5-8(11-2)10-9(6)13-10/h6-12H,3-5H2,1-2H3/t6-,7-,8+,9-,10+/m0/s1. The second-order valence-corrected chi connectivity index (χ2v) is 4.25. The van der Waals surface area contributed by atoms with Crippen molar-refractivity contribution in [3.63, 3.8) is 0 Å². The molecule has 3 nitrogen and oxygen atoms in total. The quantitative estimate of drug-likeness (QED) is 0.617. The predicted octanol–water partition coefficient (Wildman–Crippen LogP) is 0.523. The molecule has 0 radical (unpaired) electrons. The van der Waals surface area contributed by atoms with Crippen LogP contribution < -0.4 is 5.32 Å². The fourth-order valence-corrected chi connectivity index (χ4v) is 2.53. The van der Waals surface area contributed by atoms with E-state index in [4.69, 9.17) is 4.74 Å².